The molecule has 0 saturated heterocycles. The van der Waals surface area contributed by atoms with E-state index in [9.17, 15) is 18.4 Å². The monoisotopic (exact) mass is 624 g/mol. The van der Waals surface area contributed by atoms with E-state index < -0.39 is 30.0 Å². The lowest BCUT2D eigenvalue weighted by Gasteiger charge is -2.21. The second-order valence-corrected chi connectivity index (χ2v) is 10.6. The van der Waals surface area contributed by atoms with Gasteiger partial charge in [-0.3, -0.25) is 9.59 Å². The van der Waals surface area contributed by atoms with E-state index in [-0.39, 0.29) is 19.4 Å². The van der Waals surface area contributed by atoms with Gasteiger partial charge >= 0.3 is 5.97 Å². The molecule has 6 nitrogen and oxygen atoms in total. The van der Waals surface area contributed by atoms with E-state index in [4.69, 9.17) is 14.5 Å². The first kappa shape index (κ1) is 30.1. The van der Waals surface area contributed by atoms with Crippen LogP contribution >= 0.6 is 15.9 Å². The van der Waals surface area contributed by atoms with Crippen molar-refractivity contribution < 1.29 is 27.8 Å². The van der Waals surface area contributed by atoms with Gasteiger partial charge in [-0.15, -0.1) is 0 Å². The first-order valence-electron chi connectivity index (χ1n) is 13.3. The summed E-state index contributed by atoms with van der Waals surface area (Å²) in [7, 11) is 1.43. The number of aromatic nitrogens is 1. The van der Waals surface area contributed by atoms with Crippen LogP contribution in [0.1, 0.15) is 53.6 Å². The third-order valence-electron chi connectivity index (χ3n) is 6.79. The van der Waals surface area contributed by atoms with Crippen LogP contribution in [0.25, 0.3) is 22.2 Å². The van der Waals surface area contributed by atoms with Gasteiger partial charge in [0.1, 0.15) is 11.6 Å². The SMILES string of the molecule is CCCC(F)OC(=O)CC(CNC(=O)c1c(C)c(-c2ccccc2)nc2ccc(Br)cc12)c1cc(F)ccc1OC. The number of rotatable bonds is 11. The van der Waals surface area contributed by atoms with Crippen LogP contribution in [0.4, 0.5) is 8.78 Å². The number of carbonyl (C=O) groups excluding carboxylic acids is 2. The Morgan fingerprint density at radius 2 is 1.83 bits per heavy atom. The molecular weight excluding hydrogens is 594 g/mol. The topological polar surface area (TPSA) is 77.5 Å². The Bertz CT molecular complexity index is 1550. The summed E-state index contributed by atoms with van der Waals surface area (Å²) in [4.78, 5) is 31.3. The Labute approximate surface area is 246 Å². The van der Waals surface area contributed by atoms with E-state index in [2.05, 4.69) is 21.2 Å². The predicted molar refractivity (Wildman–Crippen MR) is 158 cm³/mol. The van der Waals surface area contributed by atoms with E-state index in [1.54, 1.807) is 6.92 Å². The highest BCUT2D eigenvalue weighted by Gasteiger charge is 2.26. The maximum atomic E-state index is 14.3. The first-order valence-corrected chi connectivity index (χ1v) is 14.1. The maximum absolute atomic E-state index is 14.3. The van der Waals surface area contributed by atoms with Crippen LogP contribution < -0.4 is 10.1 Å². The van der Waals surface area contributed by atoms with Crippen molar-refractivity contribution in [3.05, 3.63) is 93.7 Å². The molecular formula is C32H31BrF2N2O4. The highest BCUT2D eigenvalue weighted by atomic mass is 79.9. The number of methoxy groups -OCH3 is 1. The van der Waals surface area contributed by atoms with Crippen LogP contribution in [0.15, 0.2) is 71.2 Å². The van der Waals surface area contributed by atoms with E-state index in [0.717, 1.165) is 10.0 Å². The molecule has 4 rings (SSSR count). The number of nitrogens with zero attached hydrogens (tertiary/aromatic N) is 1. The zero-order valence-electron chi connectivity index (χ0n) is 23.0. The van der Waals surface area contributed by atoms with E-state index >= 15 is 0 Å². The summed E-state index contributed by atoms with van der Waals surface area (Å²) >= 11 is 3.49. The molecule has 0 fully saturated rings. The summed E-state index contributed by atoms with van der Waals surface area (Å²) in [5.41, 5.74) is 3.64. The zero-order valence-corrected chi connectivity index (χ0v) is 24.6. The fourth-order valence-electron chi connectivity index (χ4n) is 4.80. The van der Waals surface area contributed by atoms with Crippen LogP contribution in [0.2, 0.25) is 0 Å². The molecule has 0 aliphatic heterocycles. The molecule has 3 aromatic carbocycles. The molecule has 0 spiro atoms. The van der Waals surface area contributed by atoms with Gasteiger partial charge < -0.3 is 14.8 Å². The van der Waals surface area contributed by atoms with E-state index in [1.807, 2.05) is 55.5 Å². The van der Waals surface area contributed by atoms with Gasteiger partial charge in [-0.25, -0.2) is 13.8 Å². The molecule has 0 bridgehead atoms. The minimum Gasteiger partial charge on any atom is -0.496 e. The highest BCUT2D eigenvalue weighted by Crippen LogP contribution is 2.33. The number of hydrogen-bond acceptors (Lipinski definition) is 5. The van der Waals surface area contributed by atoms with Crippen LogP contribution in [0, 0.1) is 12.7 Å². The summed E-state index contributed by atoms with van der Waals surface area (Å²) < 4.78 is 39.5. The fraction of sp³-hybridized carbons (Fsp3) is 0.281. The minimum absolute atomic E-state index is 0.0591. The quantitative estimate of drug-likeness (QED) is 0.173. The van der Waals surface area contributed by atoms with Gasteiger partial charge in [0, 0.05) is 39.9 Å². The number of esters is 1. The van der Waals surface area contributed by atoms with Gasteiger partial charge in [-0.05, 0) is 55.3 Å². The van der Waals surface area contributed by atoms with Crippen molar-refractivity contribution in [2.75, 3.05) is 13.7 Å². The van der Waals surface area contributed by atoms with Crippen LogP contribution in [0.5, 0.6) is 5.75 Å². The number of halogens is 3. The molecule has 0 saturated carbocycles. The lowest BCUT2D eigenvalue weighted by molar-refractivity contribution is -0.158. The van der Waals surface area contributed by atoms with E-state index in [0.29, 0.717) is 45.5 Å². The lowest BCUT2D eigenvalue weighted by Crippen LogP contribution is -2.31. The average molecular weight is 626 g/mol. The fourth-order valence-corrected chi connectivity index (χ4v) is 5.16. The number of pyridine rings is 1. The van der Waals surface area contributed by atoms with Gasteiger partial charge in [-0.1, -0.05) is 53.2 Å². The Morgan fingerprint density at radius 3 is 2.54 bits per heavy atom. The lowest BCUT2D eigenvalue weighted by atomic mass is 9.93. The molecule has 0 aliphatic carbocycles. The van der Waals surface area contributed by atoms with Gasteiger partial charge in [0.2, 0.25) is 6.36 Å². The molecule has 41 heavy (non-hydrogen) atoms. The largest absolute Gasteiger partial charge is 0.496 e. The number of benzene rings is 3. The van der Waals surface area contributed by atoms with Crippen molar-refractivity contribution in [2.24, 2.45) is 0 Å². The van der Waals surface area contributed by atoms with Crippen molar-refractivity contribution in [1.29, 1.82) is 0 Å². The number of fused-ring (bicyclic) bond motifs is 1. The molecule has 214 valence electrons. The second kappa shape index (κ2) is 13.7. The number of ether oxygens (including phenoxy) is 2. The number of nitrogens with one attached hydrogen (secondary N) is 1. The predicted octanol–water partition coefficient (Wildman–Crippen LogP) is 7.66. The maximum Gasteiger partial charge on any atom is 0.309 e. The normalized spacial score (nSPS) is 12.5. The van der Waals surface area contributed by atoms with Crippen molar-refractivity contribution in [1.82, 2.24) is 10.3 Å². The molecule has 0 radical (unpaired) electrons. The number of carbonyl (C=O) groups is 2. The van der Waals surface area contributed by atoms with Crippen LogP contribution in [-0.2, 0) is 9.53 Å². The van der Waals surface area contributed by atoms with Crippen molar-refractivity contribution in [3.8, 4) is 17.0 Å². The molecule has 1 amide bonds. The number of amides is 1. The third kappa shape index (κ3) is 7.27. The molecule has 1 aromatic heterocycles. The summed E-state index contributed by atoms with van der Waals surface area (Å²) in [5.74, 6) is -2.14. The number of alkyl halides is 1. The molecule has 2 unspecified atom stereocenters. The molecule has 9 heteroatoms. The van der Waals surface area contributed by atoms with Crippen LogP contribution in [0.3, 0.4) is 0 Å². The molecule has 0 aliphatic rings. The Balaban J connectivity index is 1.70. The van der Waals surface area contributed by atoms with Gasteiger partial charge in [0.15, 0.2) is 0 Å². The van der Waals surface area contributed by atoms with E-state index in [1.165, 1.54) is 25.3 Å². The Morgan fingerprint density at radius 1 is 1.07 bits per heavy atom. The highest BCUT2D eigenvalue weighted by molar-refractivity contribution is 9.10. The summed E-state index contributed by atoms with van der Waals surface area (Å²) in [6.45, 7) is 3.56. The van der Waals surface area contributed by atoms with Crippen molar-refractivity contribution >= 4 is 38.7 Å². The zero-order chi connectivity index (χ0) is 29.5. The summed E-state index contributed by atoms with van der Waals surface area (Å²) in [6, 6.07) is 19.0. The Hall–Kier alpha value is -3.85. The van der Waals surface area contributed by atoms with Crippen molar-refractivity contribution in [2.45, 2.75) is 45.4 Å². The minimum atomic E-state index is -1.74. The standard InChI is InChI=1S/C32H31BrF2N2O4/c1-4-8-28(35)41-29(38)15-21(24-17-23(34)12-14-27(24)40-3)18-36-32(39)30-19(2)31(20-9-6-5-7-10-20)37-26-13-11-22(33)16-25(26)30/h5-7,9-14,16-17,21,28H,4,8,15,18H2,1-3H3,(H,36,39). The summed E-state index contributed by atoms with van der Waals surface area (Å²) in [5, 5.41) is 3.57. The summed E-state index contributed by atoms with van der Waals surface area (Å²) in [6.07, 6.45) is -1.45. The number of hydrogen-bond donors (Lipinski definition) is 1. The molecule has 4 aromatic rings. The third-order valence-corrected chi connectivity index (χ3v) is 7.29. The van der Waals surface area contributed by atoms with Crippen molar-refractivity contribution in [3.63, 3.8) is 0 Å². The second-order valence-electron chi connectivity index (χ2n) is 9.67. The molecule has 1 heterocycles. The average Bonchev–Trinajstić information content (AvgIpc) is 2.95. The van der Waals surface area contributed by atoms with Crippen LogP contribution in [-0.4, -0.2) is 36.9 Å². The molecule has 1 N–H and O–H groups in total. The smallest absolute Gasteiger partial charge is 0.309 e. The van der Waals surface area contributed by atoms with Gasteiger partial charge in [0.05, 0.1) is 30.3 Å². The Kier molecular flexibility index (Phi) is 10.0. The molecule has 2 atom stereocenters. The first-order chi connectivity index (χ1) is 19.7. The van der Waals surface area contributed by atoms with Gasteiger partial charge in [0.25, 0.3) is 5.91 Å². The van der Waals surface area contributed by atoms with Gasteiger partial charge in [-0.2, -0.15) is 0 Å².